The summed E-state index contributed by atoms with van der Waals surface area (Å²) in [5.74, 6) is 0.0179. The molecule has 1 unspecified atom stereocenters. The number of amides is 1. The molecular weight excluding hydrogens is 314 g/mol. The van der Waals surface area contributed by atoms with Crippen LogP contribution in [0.4, 0.5) is 11.4 Å². The molecule has 1 aromatic carbocycles. The van der Waals surface area contributed by atoms with E-state index in [1.54, 1.807) is 0 Å². The number of hydrogen-bond donors (Lipinski definition) is 2. The first-order chi connectivity index (χ1) is 8.81. The highest BCUT2D eigenvalue weighted by molar-refractivity contribution is 9.10. The fraction of sp³-hybridized carbons (Fsp3) is 0.417. The van der Waals surface area contributed by atoms with Crippen LogP contribution in [0.2, 0.25) is 0 Å². The first kappa shape index (κ1) is 15.6. The van der Waals surface area contributed by atoms with Crippen LogP contribution in [0.15, 0.2) is 22.7 Å². The van der Waals surface area contributed by atoms with Gasteiger partial charge in [0.25, 0.3) is 5.69 Å². The maximum absolute atomic E-state index is 11.8. The molecule has 1 atom stereocenters. The van der Waals surface area contributed by atoms with Crippen molar-refractivity contribution >= 4 is 33.2 Å². The van der Waals surface area contributed by atoms with E-state index in [4.69, 9.17) is 5.73 Å². The summed E-state index contributed by atoms with van der Waals surface area (Å²) in [4.78, 5) is 21.9. The Morgan fingerprint density at radius 3 is 2.63 bits per heavy atom. The van der Waals surface area contributed by atoms with E-state index >= 15 is 0 Å². The number of nitrogens with one attached hydrogen (secondary N) is 1. The van der Waals surface area contributed by atoms with Gasteiger partial charge in [0.1, 0.15) is 0 Å². The molecule has 7 heteroatoms. The van der Waals surface area contributed by atoms with Gasteiger partial charge in [0.05, 0.1) is 16.7 Å². The van der Waals surface area contributed by atoms with Crippen molar-refractivity contribution in [1.29, 1.82) is 0 Å². The third-order valence-corrected chi connectivity index (χ3v) is 3.14. The number of carbonyl (C=O) groups is 1. The Hall–Kier alpha value is -1.47. The molecule has 0 saturated heterocycles. The summed E-state index contributed by atoms with van der Waals surface area (Å²) in [6.07, 6.45) is 0.580. The van der Waals surface area contributed by atoms with Crippen molar-refractivity contribution < 1.29 is 9.72 Å². The molecule has 0 aliphatic heterocycles. The number of benzene rings is 1. The summed E-state index contributed by atoms with van der Waals surface area (Å²) in [7, 11) is 0. The Labute approximate surface area is 119 Å². The van der Waals surface area contributed by atoms with Crippen LogP contribution in [-0.4, -0.2) is 16.9 Å². The third-order valence-electron chi connectivity index (χ3n) is 2.48. The molecule has 0 aliphatic rings. The van der Waals surface area contributed by atoms with Gasteiger partial charge in [-0.05, 0) is 34.3 Å². The molecule has 1 aromatic rings. The summed E-state index contributed by atoms with van der Waals surface area (Å²) in [5, 5.41) is 13.2. The average molecular weight is 330 g/mol. The van der Waals surface area contributed by atoms with Crippen LogP contribution in [0.1, 0.15) is 20.3 Å². The van der Waals surface area contributed by atoms with Crippen molar-refractivity contribution in [3.05, 3.63) is 32.8 Å². The first-order valence-electron chi connectivity index (χ1n) is 5.81. The topological polar surface area (TPSA) is 98.3 Å². The van der Waals surface area contributed by atoms with Crippen molar-refractivity contribution in [2.75, 3.05) is 5.32 Å². The Morgan fingerprint density at radius 2 is 2.16 bits per heavy atom. The van der Waals surface area contributed by atoms with Gasteiger partial charge >= 0.3 is 0 Å². The lowest BCUT2D eigenvalue weighted by molar-refractivity contribution is -0.384. The van der Waals surface area contributed by atoms with E-state index in [-0.39, 0.29) is 11.6 Å². The summed E-state index contributed by atoms with van der Waals surface area (Å²) < 4.78 is 0.451. The van der Waals surface area contributed by atoms with E-state index in [0.717, 1.165) is 0 Å². The van der Waals surface area contributed by atoms with Crippen LogP contribution in [0.3, 0.4) is 0 Å². The Morgan fingerprint density at radius 1 is 1.53 bits per heavy atom. The molecule has 19 heavy (non-hydrogen) atoms. The molecule has 1 amide bonds. The SMILES string of the molecule is CC(C)CC(N)C(=O)Nc1ccc([N+](=O)[O-])cc1Br. The minimum atomic E-state index is -0.595. The predicted molar refractivity (Wildman–Crippen MR) is 76.9 cm³/mol. The molecule has 0 aromatic heterocycles. The number of non-ortho nitro benzene ring substituents is 1. The first-order valence-corrected chi connectivity index (χ1v) is 6.61. The van der Waals surface area contributed by atoms with E-state index in [1.165, 1.54) is 18.2 Å². The number of nitro groups is 1. The Kier molecular flexibility index (Phi) is 5.44. The van der Waals surface area contributed by atoms with Crippen molar-refractivity contribution in [2.45, 2.75) is 26.3 Å². The average Bonchev–Trinajstić information content (AvgIpc) is 2.30. The lowest BCUT2D eigenvalue weighted by atomic mass is 10.0. The quantitative estimate of drug-likeness (QED) is 0.640. The third kappa shape index (κ3) is 4.60. The highest BCUT2D eigenvalue weighted by Gasteiger charge is 2.17. The number of hydrogen-bond acceptors (Lipinski definition) is 4. The highest BCUT2D eigenvalue weighted by Crippen LogP contribution is 2.27. The molecule has 0 saturated carbocycles. The molecular formula is C12H16BrN3O3. The van der Waals surface area contributed by atoms with Crippen molar-refractivity contribution in [3.8, 4) is 0 Å². The summed E-state index contributed by atoms with van der Waals surface area (Å²) >= 11 is 3.18. The monoisotopic (exact) mass is 329 g/mol. The summed E-state index contributed by atoms with van der Waals surface area (Å²) in [6, 6.07) is 3.54. The van der Waals surface area contributed by atoms with Crippen molar-refractivity contribution in [1.82, 2.24) is 0 Å². The van der Waals surface area contributed by atoms with Gasteiger partial charge < -0.3 is 11.1 Å². The number of carbonyl (C=O) groups excluding carboxylic acids is 1. The van der Waals surface area contributed by atoms with Gasteiger partial charge in [-0.3, -0.25) is 14.9 Å². The summed E-state index contributed by atoms with van der Waals surface area (Å²) in [6.45, 7) is 3.96. The molecule has 1 rings (SSSR count). The zero-order valence-corrected chi connectivity index (χ0v) is 12.3. The molecule has 0 spiro atoms. The minimum Gasteiger partial charge on any atom is -0.324 e. The maximum Gasteiger partial charge on any atom is 0.270 e. The molecule has 0 bridgehead atoms. The second-order valence-electron chi connectivity index (χ2n) is 4.65. The van der Waals surface area contributed by atoms with Gasteiger partial charge in [-0.2, -0.15) is 0 Å². The van der Waals surface area contributed by atoms with Gasteiger partial charge in [-0.1, -0.05) is 13.8 Å². The zero-order chi connectivity index (χ0) is 14.6. The number of anilines is 1. The van der Waals surface area contributed by atoms with Crippen LogP contribution in [0.5, 0.6) is 0 Å². The molecule has 0 radical (unpaired) electrons. The fourth-order valence-corrected chi connectivity index (χ4v) is 2.03. The second kappa shape index (κ2) is 6.63. The predicted octanol–water partition coefficient (Wildman–Crippen LogP) is 2.67. The minimum absolute atomic E-state index is 0.0450. The number of halogens is 1. The number of nitrogens with zero attached hydrogens (tertiary/aromatic N) is 1. The lowest BCUT2D eigenvalue weighted by Crippen LogP contribution is -2.36. The van der Waals surface area contributed by atoms with Crippen molar-refractivity contribution in [3.63, 3.8) is 0 Å². The number of nitrogens with two attached hydrogens (primary N) is 1. The second-order valence-corrected chi connectivity index (χ2v) is 5.50. The van der Waals surface area contributed by atoms with E-state index < -0.39 is 11.0 Å². The normalized spacial score (nSPS) is 12.3. The highest BCUT2D eigenvalue weighted by atomic mass is 79.9. The largest absolute Gasteiger partial charge is 0.324 e. The van der Waals surface area contributed by atoms with Gasteiger partial charge in [-0.15, -0.1) is 0 Å². The zero-order valence-electron chi connectivity index (χ0n) is 10.7. The Bertz CT molecular complexity index is 491. The number of nitro benzene ring substituents is 1. The summed E-state index contributed by atoms with van der Waals surface area (Å²) in [5.41, 5.74) is 6.18. The molecule has 3 N–H and O–H groups in total. The van der Waals surface area contributed by atoms with Crippen LogP contribution in [0.25, 0.3) is 0 Å². The molecule has 104 valence electrons. The van der Waals surface area contributed by atoms with E-state index in [2.05, 4.69) is 21.2 Å². The molecule has 0 aliphatic carbocycles. The van der Waals surface area contributed by atoms with Gasteiger partial charge in [0.15, 0.2) is 0 Å². The van der Waals surface area contributed by atoms with E-state index in [9.17, 15) is 14.9 Å². The van der Waals surface area contributed by atoms with Crippen molar-refractivity contribution in [2.24, 2.45) is 11.7 Å². The lowest BCUT2D eigenvalue weighted by Gasteiger charge is -2.14. The van der Waals surface area contributed by atoms with Crippen LogP contribution >= 0.6 is 15.9 Å². The fourth-order valence-electron chi connectivity index (χ4n) is 1.56. The smallest absolute Gasteiger partial charge is 0.270 e. The Balaban J connectivity index is 2.77. The molecule has 0 fully saturated rings. The standard InChI is InChI=1S/C12H16BrN3O3/c1-7(2)5-10(14)12(17)15-11-4-3-8(16(18)19)6-9(11)13/h3-4,6-7,10H,5,14H2,1-2H3,(H,15,17). The molecule has 6 nitrogen and oxygen atoms in total. The van der Waals surface area contributed by atoms with Crippen LogP contribution in [-0.2, 0) is 4.79 Å². The van der Waals surface area contributed by atoms with E-state index in [1.807, 2.05) is 13.8 Å². The van der Waals surface area contributed by atoms with Crippen LogP contribution < -0.4 is 11.1 Å². The van der Waals surface area contributed by atoms with Gasteiger partial charge in [-0.25, -0.2) is 0 Å². The molecule has 0 heterocycles. The van der Waals surface area contributed by atoms with E-state index in [0.29, 0.717) is 22.5 Å². The van der Waals surface area contributed by atoms with Crippen LogP contribution in [0, 0.1) is 16.0 Å². The van der Waals surface area contributed by atoms with Gasteiger partial charge in [0, 0.05) is 16.6 Å². The number of rotatable bonds is 5. The van der Waals surface area contributed by atoms with Gasteiger partial charge in [0.2, 0.25) is 5.91 Å². The maximum atomic E-state index is 11.8.